The van der Waals surface area contributed by atoms with Gasteiger partial charge in [-0.25, -0.2) is 0 Å². The predicted molar refractivity (Wildman–Crippen MR) is 148 cm³/mol. The molecule has 5 nitrogen and oxygen atoms in total. The fourth-order valence-electron chi connectivity index (χ4n) is 4.25. The molecule has 178 valence electrons. The first kappa shape index (κ1) is 23.5. The Morgan fingerprint density at radius 1 is 0.750 bits per heavy atom. The van der Waals surface area contributed by atoms with Crippen molar-refractivity contribution in [3.63, 3.8) is 0 Å². The molecule has 1 aliphatic heterocycles. The van der Waals surface area contributed by atoms with E-state index in [0.29, 0.717) is 29.3 Å². The van der Waals surface area contributed by atoms with Crippen molar-refractivity contribution in [3.8, 4) is 5.75 Å². The van der Waals surface area contributed by atoms with E-state index in [4.69, 9.17) is 17.0 Å². The third kappa shape index (κ3) is 4.27. The van der Waals surface area contributed by atoms with E-state index >= 15 is 0 Å². The Morgan fingerprint density at radius 2 is 1.31 bits per heavy atom. The molecule has 1 fully saturated rings. The molecule has 0 unspecified atom stereocenters. The number of hydrogen-bond acceptors (Lipinski definition) is 4. The highest BCUT2D eigenvalue weighted by Gasteiger charge is 2.41. The molecular formula is C30H24N2O3S. The van der Waals surface area contributed by atoms with Crippen molar-refractivity contribution in [1.82, 2.24) is 0 Å². The second-order valence-electron chi connectivity index (χ2n) is 8.34. The van der Waals surface area contributed by atoms with Gasteiger partial charge in [0.1, 0.15) is 11.3 Å². The van der Waals surface area contributed by atoms with E-state index in [9.17, 15) is 9.59 Å². The minimum Gasteiger partial charge on any atom is -0.493 e. The van der Waals surface area contributed by atoms with E-state index in [1.165, 1.54) is 9.80 Å². The average Bonchev–Trinajstić information content (AvgIpc) is 2.91. The zero-order valence-electron chi connectivity index (χ0n) is 19.8. The summed E-state index contributed by atoms with van der Waals surface area (Å²) in [6.45, 7) is 2.55. The van der Waals surface area contributed by atoms with Gasteiger partial charge in [0.05, 0.1) is 18.0 Å². The number of amides is 2. The monoisotopic (exact) mass is 492 g/mol. The summed E-state index contributed by atoms with van der Waals surface area (Å²) >= 11 is 5.70. The van der Waals surface area contributed by atoms with E-state index in [-0.39, 0.29) is 10.7 Å². The van der Waals surface area contributed by atoms with E-state index in [2.05, 4.69) is 0 Å². The minimum absolute atomic E-state index is 0.00834. The zero-order chi connectivity index (χ0) is 25.1. The van der Waals surface area contributed by atoms with Crippen molar-refractivity contribution in [1.29, 1.82) is 0 Å². The van der Waals surface area contributed by atoms with Crippen LogP contribution < -0.4 is 14.5 Å². The molecule has 1 aliphatic rings. The van der Waals surface area contributed by atoms with Gasteiger partial charge in [-0.05, 0) is 65.8 Å². The average molecular weight is 493 g/mol. The summed E-state index contributed by atoms with van der Waals surface area (Å²) in [5.41, 5.74) is 1.88. The maximum atomic E-state index is 13.9. The van der Waals surface area contributed by atoms with Crippen LogP contribution in [0.4, 0.5) is 11.4 Å². The number of fused-ring (bicyclic) bond motifs is 1. The van der Waals surface area contributed by atoms with Gasteiger partial charge in [-0.1, -0.05) is 73.7 Å². The molecule has 6 heteroatoms. The topological polar surface area (TPSA) is 49.9 Å². The van der Waals surface area contributed by atoms with E-state index < -0.39 is 11.8 Å². The fraction of sp³-hybridized carbons (Fsp3) is 0.100. The normalized spacial score (nSPS) is 13.9. The number of para-hydroxylation sites is 2. The first-order valence-corrected chi connectivity index (χ1v) is 12.2. The summed E-state index contributed by atoms with van der Waals surface area (Å²) in [7, 11) is 0. The van der Waals surface area contributed by atoms with Crippen LogP contribution in [0, 0.1) is 0 Å². The molecule has 0 bridgehead atoms. The lowest BCUT2D eigenvalue weighted by atomic mass is 9.99. The molecule has 2 amide bonds. The quantitative estimate of drug-likeness (QED) is 0.178. The van der Waals surface area contributed by atoms with Crippen LogP contribution in [0.5, 0.6) is 5.75 Å². The molecule has 0 atom stereocenters. The van der Waals surface area contributed by atoms with Crippen molar-refractivity contribution in [2.24, 2.45) is 0 Å². The lowest BCUT2D eigenvalue weighted by Gasteiger charge is -2.36. The summed E-state index contributed by atoms with van der Waals surface area (Å²) in [6.07, 6.45) is 2.48. The molecule has 0 saturated carbocycles. The van der Waals surface area contributed by atoms with Crippen LogP contribution in [-0.2, 0) is 9.59 Å². The summed E-state index contributed by atoms with van der Waals surface area (Å²) in [5, 5.41) is 1.99. The van der Waals surface area contributed by atoms with Gasteiger partial charge in [0.2, 0.25) is 0 Å². The smallest absolute Gasteiger partial charge is 0.270 e. The zero-order valence-corrected chi connectivity index (χ0v) is 20.6. The molecule has 36 heavy (non-hydrogen) atoms. The maximum absolute atomic E-state index is 13.9. The standard InChI is InChI=1S/C30H24N2O3S/c1-2-19-35-27-18-17-21-11-9-10-16-24(21)25(27)20-26-28(33)31(22-12-5-3-6-13-22)30(36)32(29(26)34)23-14-7-4-8-15-23/h3-18,20H,2,19H2,1H3. The number of carbonyl (C=O) groups is 2. The molecule has 0 aliphatic carbocycles. The van der Waals surface area contributed by atoms with Crippen LogP contribution in [0.15, 0.2) is 103 Å². The molecule has 4 aromatic rings. The molecule has 4 aromatic carbocycles. The first-order valence-electron chi connectivity index (χ1n) is 11.8. The predicted octanol–water partition coefficient (Wildman–Crippen LogP) is 6.38. The third-order valence-electron chi connectivity index (χ3n) is 5.96. The van der Waals surface area contributed by atoms with Gasteiger partial charge in [0, 0.05) is 5.56 Å². The van der Waals surface area contributed by atoms with Crippen LogP contribution in [-0.4, -0.2) is 23.5 Å². The second kappa shape index (κ2) is 10.1. The molecule has 0 spiro atoms. The van der Waals surface area contributed by atoms with Crippen molar-refractivity contribution in [2.75, 3.05) is 16.4 Å². The van der Waals surface area contributed by atoms with Gasteiger partial charge in [0.15, 0.2) is 5.11 Å². The summed E-state index contributed by atoms with van der Waals surface area (Å²) in [5.74, 6) is -0.329. The molecule has 0 N–H and O–H groups in total. The SMILES string of the molecule is CCCOc1ccc2ccccc2c1C=C1C(=O)N(c2ccccc2)C(=S)N(c2ccccc2)C1=O. The molecule has 1 saturated heterocycles. The highest BCUT2D eigenvalue weighted by molar-refractivity contribution is 7.81. The second-order valence-corrected chi connectivity index (χ2v) is 8.70. The maximum Gasteiger partial charge on any atom is 0.270 e. The number of benzene rings is 4. The number of hydrogen-bond donors (Lipinski definition) is 0. The van der Waals surface area contributed by atoms with Gasteiger partial charge in [-0.15, -0.1) is 0 Å². The molecule has 0 radical (unpaired) electrons. The van der Waals surface area contributed by atoms with Crippen molar-refractivity contribution < 1.29 is 14.3 Å². The molecule has 1 heterocycles. The van der Waals surface area contributed by atoms with Gasteiger partial charge in [-0.2, -0.15) is 0 Å². The molecule has 5 rings (SSSR count). The Morgan fingerprint density at radius 3 is 1.89 bits per heavy atom. The lowest BCUT2D eigenvalue weighted by Crippen LogP contribution is -2.56. The van der Waals surface area contributed by atoms with Crippen molar-refractivity contribution in [2.45, 2.75) is 13.3 Å². The number of thiocarbonyl (C=S) groups is 1. The van der Waals surface area contributed by atoms with Crippen LogP contribution >= 0.6 is 12.2 Å². The van der Waals surface area contributed by atoms with Crippen molar-refractivity contribution in [3.05, 3.63) is 108 Å². The molecule has 0 aromatic heterocycles. The van der Waals surface area contributed by atoms with Gasteiger partial charge < -0.3 is 4.74 Å². The van der Waals surface area contributed by atoms with E-state index in [0.717, 1.165) is 17.2 Å². The van der Waals surface area contributed by atoms with Gasteiger partial charge in [-0.3, -0.25) is 19.4 Å². The number of carbonyl (C=O) groups excluding carboxylic acids is 2. The largest absolute Gasteiger partial charge is 0.493 e. The highest BCUT2D eigenvalue weighted by atomic mass is 32.1. The van der Waals surface area contributed by atoms with Crippen LogP contribution in [0.2, 0.25) is 0 Å². The Kier molecular flexibility index (Phi) is 6.60. The number of ether oxygens (including phenoxy) is 1. The van der Waals surface area contributed by atoms with E-state index in [1.807, 2.05) is 79.7 Å². The number of rotatable bonds is 6. The molecular weight excluding hydrogens is 468 g/mol. The Balaban J connectivity index is 1.72. The lowest BCUT2D eigenvalue weighted by molar-refractivity contribution is -0.120. The Bertz CT molecular complexity index is 1420. The highest BCUT2D eigenvalue weighted by Crippen LogP contribution is 2.34. The summed E-state index contributed by atoms with van der Waals surface area (Å²) in [4.78, 5) is 30.6. The Hall–Kier alpha value is -4.29. The fourth-order valence-corrected chi connectivity index (χ4v) is 4.62. The Labute approximate surface area is 215 Å². The summed E-state index contributed by atoms with van der Waals surface area (Å²) in [6, 6.07) is 30.0. The van der Waals surface area contributed by atoms with Gasteiger partial charge >= 0.3 is 0 Å². The third-order valence-corrected chi connectivity index (χ3v) is 6.32. The number of anilines is 2. The summed E-state index contributed by atoms with van der Waals surface area (Å²) < 4.78 is 6.03. The minimum atomic E-state index is -0.474. The van der Waals surface area contributed by atoms with Crippen LogP contribution in [0.1, 0.15) is 18.9 Å². The number of nitrogens with zero attached hydrogens (tertiary/aromatic N) is 2. The van der Waals surface area contributed by atoms with Crippen molar-refractivity contribution >= 4 is 57.4 Å². The van der Waals surface area contributed by atoms with E-state index in [1.54, 1.807) is 30.3 Å². The first-order chi connectivity index (χ1) is 17.6. The van der Waals surface area contributed by atoms with Gasteiger partial charge in [0.25, 0.3) is 11.8 Å². The van der Waals surface area contributed by atoms with Crippen LogP contribution in [0.3, 0.4) is 0 Å². The van der Waals surface area contributed by atoms with Crippen LogP contribution in [0.25, 0.3) is 16.8 Å².